The SMILES string of the molecule is COP(=O)(CC[Si]12OCCN(CCO1)CCO2)OC. The first-order chi connectivity index (χ1) is 9.11. The van der Waals surface area contributed by atoms with Crippen LogP contribution in [0.25, 0.3) is 0 Å². The van der Waals surface area contributed by atoms with Gasteiger partial charge in [-0.25, -0.2) is 0 Å². The van der Waals surface area contributed by atoms with E-state index in [-0.39, 0.29) is 6.16 Å². The minimum atomic E-state index is -3.04. The van der Waals surface area contributed by atoms with Crippen LogP contribution < -0.4 is 0 Å². The Kier molecular flexibility index (Phi) is 5.56. The van der Waals surface area contributed by atoms with E-state index in [9.17, 15) is 4.57 Å². The maximum atomic E-state index is 12.1. The van der Waals surface area contributed by atoms with Gasteiger partial charge in [0.25, 0.3) is 0 Å². The van der Waals surface area contributed by atoms with Gasteiger partial charge in [-0.1, -0.05) is 0 Å². The average molecular weight is 311 g/mol. The molecule has 0 aromatic rings. The lowest BCUT2D eigenvalue weighted by molar-refractivity contribution is -0.00759. The zero-order chi connectivity index (χ0) is 13.8. The van der Waals surface area contributed by atoms with E-state index in [0.29, 0.717) is 25.9 Å². The third-order valence-electron chi connectivity index (χ3n) is 3.44. The zero-order valence-corrected chi connectivity index (χ0v) is 13.4. The van der Waals surface area contributed by atoms with E-state index in [4.69, 9.17) is 22.3 Å². The van der Waals surface area contributed by atoms with Gasteiger partial charge in [0.05, 0.1) is 26.0 Å². The molecule has 0 radical (unpaired) electrons. The molecule has 0 aliphatic carbocycles. The highest BCUT2D eigenvalue weighted by Crippen LogP contribution is 2.48. The summed E-state index contributed by atoms with van der Waals surface area (Å²) in [4.78, 5) is 2.26. The first-order valence-electron chi connectivity index (χ1n) is 6.46. The third-order valence-corrected chi connectivity index (χ3v) is 8.54. The van der Waals surface area contributed by atoms with Gasteiger partial charge in [0.1, 0.15) is 0 Å². The summed E-state index contributed by atoms with van der Waals surface area (Å²) in [5, 5.41) is 0. The largest absolute Gasteiger partial charge is 0.501 e. The smallest absolute Gasteiger partial charge is 0.372 e. The second-order valence-electron chi connectivity index (χ2n) is 4.52. The lowest BCUT2D eigenvalue weighted by Crippen LogP contribution is -2.55. The second-order valence-corrected chi connectivity index (χ2v) is 9.65. The van der Waals surface area contributed by atoms with Crippen molar-refractivity contribution in [3.05, 3.63) is 0 Å². The predicted octanol–water partition coefficient (Wildman–Crippen LogP) is 0.790. The molecule has 3 aliphatic rings. The summed E-state index contributed by atoms with van der Waals surface area (Å²) in [5.74, 6) is 0. The van der Waals surface area contributed by atoms with Crippen molar-refractivity contribution < 1.29 is 26.9 Å². The maximum Gasteiger partial charge on any atom is 0.501 e. The van der Waals surface area contributed by atoms with Gasteiger partial charge in [-0.15, -0.1) is 0 Å². The first-order valence-corrected chi connectivity index (χ1v) is 10.1. The van der Waals surface area contributed by atoms with Crippen LogP contribution in [0.5, 0.6) is 0 Å². The number of rotatable bonds is 5. The Labute approximate surface area is 115 Å². The summed E-state index contributed by atoms with van der Waals surface area (Å²) in [6.07, 6.45) is 0.260. The molecule has 0 unspecified atom stereocenters. The summed E-state index contributed by atoms with van der Waals surface area (Å²) in [5.41, 5.74) is 0. The van der Waals surface area contributed by atoms with Crippen molar-refractivity contribution in [3.8, 4) is 0 Å². The molecule has 0 amide bonds. The van der Waals surface area contributed by atoms with Crippen LogP contribution in [0.15, 0.2) is 0 Å². The molecule has 2 bridgehead atoms. The molecule has 0 aromatic carbocycles. The number of nitrogens with zero attached hydrogens (tertiary/aromatic N) is 1. The van der Waals surface area contributed by atoms with Gasteiger partial charge < -0.3 is 22.3 Å². The van der Waals surface area contributed by atoms with Gasteiger partial charge >= 0.3 is 16.4 Å². The lowest BCUT2D eigenvalue weighted by atomic mass is 10.4. The normalized spacial score (nSPS) is 32.6. The number of hydrogen-bond acceptors (Lipinski definition) is 7. The second kappa shape index (κ2) is 6.78. The minimum absolute atomic E-state index is 0.260. The first kappa shape index (κ1) is 15.6. The van der Waals surface area contributed by atoms with Crippen molar-refractivity contribution in [1.82, 2.24) is 4.90 Å². The molecule has 0 atom stereocenters. The molecule has 19 heavy (non-hydrogen) atoms. The van der Waals surface area contributed by atoms with Gasteiger partial charge in [0.2, 0.25) is 0 Å². The van der Waals surface area contributed by atoms with E-state index in [1.807, 2.05) is 0 Å². The van der Waals surface area contributed by atoms with Gasteiger partial charge in [-0.05, 0) is 0 Å². The molecule has 0 N–H and O–H groups in total. The number of hydrogen-bond donors (Lipinski definition) is 0. The van der Waals surface area contributed by atoms with Crippen LogP contribution >= 0.6 is 7.60 Å². The van der Waals surface area contributed by atoms with Crippen LogP contribution in [-0.2, 0) is 26.9 Å². The van der Waals surface area contributed by atoms with Crippen molar-refractivity contribution in [2.24, 2.45) is 0 Å². The third kappa shape index (κ3) is 4.09. The number of fused-ring (bicyclic) bond motifs is 6. The Bertz CT molecular complexity index is 309. The van der Waals surface area contributed by atoms with Crippen molar-refractivity contribution in [2.45, 2.75) is 6.04 Å². The fourth-order valence-electron chi connectivity index (χ4n) is 2.20. The van der Waals surface area contributed by atoms with Crippen molar-refractivity contribution in [2.75, 3.05) is 59.8 Å². The lowest BCUT2D eigenvalue weighted by Gasteiger charge is -2.38. The highest BCUT2D eigenvalue weighted by Gasteiger charge is 2.45. The monoisotopic (exact) mass is 311 g/mol. The fraction of sp³-hybridized carbons (Fsp3) is 1.00. The molecule has 3 rings (SSSR count). The molecule has 0 spiro atoms. The van der Waals surface area contributed by atoms with E-state index in [0.717, 1.165) is 19.6 Å². The summed E-state index contributed by atoms with van der Waals surface area (Å²) >= 11 is 0. The van der Waals surface area contributed by atoms with Crippen LogP contribution in [0.1, 0.15) is 0 Å². The molecule has 7 nitrogen and oxygen atoms in total. The molecule has 112 valence electrons. The highest BCUT2D eigenvalue weighted by molar-refractivity contribution is 7.53. The zero-order valence-electron chi connectivity index (χ0n) is 11.5. The Balaban J connectivity index is 2.00. The van der Waals surface area contributed by atoms with Crippen molar-refractivity contribution >= 4 is 16.4 Å². The molecule has 0 saturated carbocycles. The quantitative estimate of drug-likeness (QED) is 0.549. The minimum Gasteiger partial charge on any atom is -0.372 e. The van der Waals surface area contributed by atoms with Crippen molar-refractivity contribution in [1.29, 1.82) is 0 Å². The molecule has 3 aliphatic heterocycles. The van der Waals surface area contributed by atoms with E-state index < -0.39 is 16.4 Å². The molecule has 9 heteroatoms. The summed E-state index contributed by atoms with van der Waals surface area (Å²) in [6, 6.07) is 0.464. The summed E-state index contributed by atoms with van der Waals surface area (Å²) < 4.78 is 39.5. The Morgan fingerprint density at radius 3 is 1.95 bits per heavy atom. The van der Waals surface area contributed by atoms with Crippen LogP contribution in [0.4, 0.5) is 0 Å². The summed E-state index contributed by atoms with van der Waals surface area (Å²) in [6.45, 7) is 4.47. The van der Waals surface area contributed by atoms with Gasteiger partial charge in [-0.3, -0.25) is 9.46 Å². The molecule has 3 saturated heterocycles. The average Bonchev–Trinajstić information content (AvgIpc) is 2.36. The van der Waals surface area contributed by atoms with Crippen LogP contribution in [0, 0.1) is 0 Å². The van der Waals surface area contributed by atoms with Crippen LogP contribution in [0.2, 0.25) is 6.04 Å². The maximum absolute atomic E-state index is 12.1. The van der Waals surface area contributed by atoms with Crippen molar-refractivity contribution in [3.63, 3.8) is 0 Å². The molecule has 0 aromatic heterocycles. The standard InChI is InChI=1S/C10H22NO6PSi/c1-13-18(12,14-2)9-10-19-15-6-3-11(4-7-16-19)5-8-17-19/h3-10H2,1-2H3. The highest BCUT2D eigenvalue weighted by atomic mass is 31.2. The topological polar surface area (TPSA) is 66.5 Å². The van der Waals surface area contributed by atoms with Crippen LogP contribution in [-0.4, -0.2) is 73.5 Å². The Hall–Kier alpha value is 0.207. The van der Waals surface area contributed by atoms with E-state index in [2.05, 4.69) is 4.90 Å². The van der Waals surface area contributed by atoms with Crippen LogP contribution in [0.3, 0.4) is 0 Å². The summed E-state index contributed by atoms with van der Waals surface area (Å²) in [7, 11) is -2.99. The molecule has 3 fully saturated rings. The van der Waals surface area contributed by atoms with Gasteiger partial charge in [0.15, 0.2) is 0 Å². The van der Waals surface area contributed by atoms with Gasteiger partial charge in [0, 0.05) is 39.9 Å². The Morgan fingerprint density at radius 1 is 1.05 bits per heavy atom. The molecule has 3 heterocycles. The van der Waals surface area contributed by atoms with E-state index in [1.165, 1.54) is 14.2 Å². The predicted molar refractivity (Wildman–Crippen MR) is 71.3 cm³/mol. The van der Waals surface area contributed by atoms with Gasteiger partial charge in [-0.2, -0.15) is 0 Å². The van der Waals surface area contributed by atoms with E-state index >= 15 is 0 Å². The molecular formula is C10H22NO6PSi. The fourth-order valence-corrected chi connectivity index (χ4v) is 6.79. The van der Waals surface area contributed by atoms with E-state index in [1.54, 1.807) is 0 Å². The Morgan fingerprint density at radius 2 is 1.53 bits per heavy atom. The molecular weight excluding hydrogens is 289 g/mol.